The number of rotatable bonds is 4. The third-order valence-electron chi connectivity index (χ3n) is 5.38. The molecule has 0 aromatic carbocycles. The summed E-state index contributed by atoms with van der Waals surface area (Å²) < 4.78 is 0. The average Bonchev–Trinajstić information content (AvgIpc) is 2.78. The lowest BCUT2D eigenvalue weighted by Crippen LogP contribution is -2.33. The van der Waals surface area contributed by atoms with Gasteiger partial charge in [-0.15, -0.1) is 11.6 Å². The Morgan fingerprint density at radius 3 is 2.78 bits per heavy atom. The number of hydrogen-bond acceptors (Lipinski definition) is 2. The Morgan fingerprint density at radius 1 is 1.39 bits per heavy atom. The summed E-state index contributed by atoms with van der Waals surface area (Å²) in [5.41, 5.74) is 2.88. The van der Waals surface area contributed by atoms with Crippen LogP contribution in [0, 0.1) is 5.41 Å². The van der Waals surface area contributed by atoms with Gasteiger partial charge >= 0.3 is 5.97 Å². The number of carbonyl (C=O) groups is 2. The minimum absolute atomic E-state index is 0.0438. The van der Waals surface area contributed by atoms with Gasteiger partial charge in [0.15, 0.2) is 0 Å². The number of carbonyl (C=O) groups excluding carboxylic acids is 1. The Morgan fingerprint density at radius 2 is 2.13 bits per heavy atom. The minimum atomic E-state index is -1.24. The molecule has 2 unspecified atom stereocenters. The molecule has 0 bridgehead atoms. The maximum atomic E-state index is 12.1. The van der Waals surface area contributed by atoms with Crippen molar-refractivity contribution in [2.45, 2.75) is 56.7 Å². The Hall–Kier alpha value is -1.06. The van der Waals surface area contributed by atoms with Crippen molar-refractivity contribution >= 4 is 35.0 Å². The molecule has 5 heteroatoms. The van der Waals surface area contributed by atoms with E-state index in [2.05, 4.69) is 6.92 Å². The molecule has 0 aromatic rings. The van der Waals surface area contributed by atoms with Gasteiger partial charge in [0.1, 0.15) is 10.7 Å². The first kappa shape index (κ1) is 16.8. The summed E-state index contributed by atoms with van der Waals surface area (Å²) in [6, 6.07) is 0. The van der Waals surface area contributed by atoms with Crippen molar-refractivity contribution in [3.8, 4) is 0 Å². The lowest BCUT2D eigenvalue weighted by Gasteiger charge is -2.37. The van der Waals surface area contributed by atoms with Gasteiger partial charge in [-0.1, -0.05) is 36.6 Å². The van der Waals surface area contributed by atoms with E-state index < -0.39 is 10.8 Å². The van der Waals surface area contributed by atoms with Gasteiger partial charge in [0.2, 0.25) is 0 Å². The number of halogens is 2. The van der Waals surface area contributed by atoms with E-state index in [-0.39, 0.29) is 17.6 Å². The zero-order chi connectivity index (χ0) is 16.8. The second-order valence-corrected chi connectivity index (χ2v) is 7.91. The molecule has 1 saturated carbocycles. The molecule has 0 heterocycles. The Balaban J connectivity index is 2.18. The van der Waals surface area contributed by atoms with Crippen LogP contribution < -0.4 is 0 Å². The summed E-state index contributed by atoms with van der Waals surface area (Å²) >= 11 is 13.1. The zero-order valence-corrected chi connectivity index (χ0v) is 14.6. The first-order valence-electron chi connectivity index (χ1n) is 8.06. The maximum absolute atomic E-state index is 12.1. The molecule has 3 nitrogen and oxygen atoms in total. The topological polar surface area (TPSA) is 54.4 Å². The minimum Gasteiger partial charge on any atom is -0.481 e. The smallest absolute Gasteiger partial charge is 0.305 e. The maximum Gasteiger partial charge on any atom is 0.305 e. The van der Waals surface area contributed by atoms with E-state index in [1.807, 2.05) is 6.08 Å². The molecule has 3 rings (SSSR count). The molecule has 2 atom stereocenters. The van der Waals surface area contributed by atoms with Crippen LogP contribution in [0.3, 0.4) is 0 Å². The van der Waals surface area contributed by atoms with E-state index in [1.165, 1.54) is 0 Å². The number of alkyl halides is 1. The molecule has 1 N–H and O–H groups in total. The molecular weight excluding hydrogens is 335 g/mol. The average molecular weight is 355 g/mol. The van der Waals surface area contributed by atoms with E-state index in [4.69, 9.17) is 23.2 Å². The number of carboxylic acids is 1. The highest BCUT2D eigenvalue weighted by Gasteiger charge is 2.53. The molecular formula is C18H20Cl2O3. The number of hydrogen-bond donors (Lipinski definition) is 1. The van der Waals surface area contributed by atoms with Gasteiger partial charge in [0, 0.05) is 17.9 Å². The summed E-state index contributed by atoms with van der Waals surface area (Å²) in [5, 5.41) is 9.64. The number of fused-ring (bicyclic) bond motifs is 2. The zero-order valence-electron chi connectivity index (χ0n) is 13.1. The quantitative estimate of drug-likeness (QED) is 0.741. The number of carboxylic acid groups (broad SMARTS) is 1. The van der Waals surface area contributed by atoms with Crippen LogP contribution in [0.15, 0.2) is 33.9 Å². The fourth-order valence-electron chi connectivity index (χ4n) is 4.48. The van der Waals surface area contributed by atoms with Crippen molar-refractivity contribution in [3.05, 3.63) is 33.9 Å². The fraction of sp³-hybridized carbons (Fsp3) is 0.556. The van der Waals surface area contributed by atoms with Gasteiger partial charge in [-0.2, -0.15) is 0 Å². The van der Waals surface area contributed by atoms with E-state index in [0.717, 1.165) is 42.4 Å². The van der Waals surface area contributed by atoms with Crippen molar-refractivity contribution in [1.29, 1.82) is 0 Å². The van der Waals surface area contributed by atoms with Gasteiger partial charge in [-0.3, -0.25) is 9.59 Å². The van der Waals surface area contributed by atoms with Crippen molar-refractivity contribution in [1.82, 2.24) is 0 Å². The Labute approximate surface area is 146 Å². The van der Waals surface area contributed by atoms with Crippen LogP contribution in [0.5, 0.6) is 0 Å². The molecule has 0 aliphatic heterocycles. The third kappa shape index (κ3) is 2.58. The first-order chi connectivity index (χ1) is 10.8. The van der Waals surface area contributed by atoms with Gasteiger partial charge in [-0.05, 0) is 41.9 Å². The van der Waals surface area contributed by atoms with Crippen LogP contribution in [-0.4, -0.2) is 21.7 Å². The molecule has 0 amide bonds. The molecule has 0 spiro atoms. The predicted molar refractivity (Wildman–Crippen MR) is 90.7 cm³/mol. The number of aliphatic carboxylic acids is 1. The van der Waals surface area contributed by atoms with Gasteiger partial charge in [0.05, 0.1) is 6.42 Å². The van der Waals surface area contributed by atoms with Gasteiger partial charge < -0.3 is 5.11 Å². The Kier molecular flexibility index (Phi) is 4.22. The van der Waals surface area contributed by atoms with Crippen LogP contribution >= 0.6 is 23.2 Å². The highest BCUT2D eigenvalue weighted by Crippen LogP contribution is 2.61. The summed E-state index contributed by atoms with van der Waals surface area (Å²) in [7, 11) is 0. The molecule has 0 aromatic heterocycles. The summed E-state index contributed by atoms with van der Waals surface area (Å²) in [5.74, 6) is -0.781. The first-order valence-corrected chi connectivity index (χ1v) is 8.82. The van der Waals surface area contributed by atoms with Crippen LogP contribution in [0.2, 0.25) is 0 Å². The number of Topliss-reactive ketones (excluding diaryl/α,β-unsaturated/α-hetero) is 1. The standard InChI is InChI=1S/C18H20Cl2O3/c1-2-6-17-7-5-12(21)8-13(17)16-11(9-17)3-4-14(19)18(16,20)10-15(22)23/h3-4H,2,5-10H2,1H3,(H,22,23). The summed E-state index contributed by atoms with van der Waals surface area (Å²) in [6.07, 6.45) is 8.06. The predicted octanol–water partition coefficient (Wildman–Crippen LogP) is 4.74. The number of ketones is 1. The highest BCUT2D eigenvalue weighted by atomic mass is 35.5. The largest absolute Gasteiger partial charge is 0.481 e. The van der Waals surface area contributed by atoms with Gasteiger partial charge in [-0.25, -0.2) is 0 Å². The van der Waals surface area contributed by atoms with Gasteiger partial charge in [0.25, 0.3) is 0 Å². The molecule has 1 fully saturated rings. The SMILES string of the molecule is CCCC12CCC(=O)CC1=C1C(=CC=C(Cl)C1(Cl)CC(=O)O)C2. The molecule has 0 saturated heterocycles. The molecule has 3 aliphatic carbocycles. The molecule has 124 valence electrons. The summed E-state index contributed by atoms with van der Waals surface area (Å²) in [6.45, 7) is 2.14. The molecule has 0 radical (unpaired) electrons. The Bertz CT molecular complexity index is 674. The van der Waals surface area contributed by atoms with Crippen LogP contribution in [0.1, 0.15) is 51.9 Å². The van der Waals surface area contributed by atoms with Crippen LogP contribution in [-0.2, 0) is 9.59 Å². The van der Waals surface area contributed by atoms with E-state index in [0.29, 0.717) is 17.9 Å². The van der Waals surface area contributed by atoms with E-state index in [1.54, 1.807) is 6.08 Å². The van der Waals surface area contributed by atoms with Crippen LogP contribution in [0.25, 0.3) is 0 Å². The second kappa shape index (κ2) is 5.78. The third-order valence-corrected chi connectivity index (χ3v) is 6.45. The van der Waals surface area contributed by atoms with Crippen molar-refractivity contribution in [3.63, 3.8) is 0 Å². The van der Waals surface area contributed by atoms with E-state index >= 15 is 0 Å². The van der Waals surface area contributed by atoms with Crippen molar-refractivity contribution < 1.29 is 14.7 Å². The van der Waals surface area contributed by atoms with Crippen molar-refractivity contribution in [2.75, 3.05) is 0 Å². The van der Waals surface area contributed by atoms with Crippen molar-refractivity contribution in [2.24, 2.45) is 5.41 Å². The number of allylic oxidation sites excluding steroid dienone is 6. The van der Waals surface area contributed by atoms with E-state index in [9.17, 15) is 14.7 Å². The van der Waals surface area contributed by atoms with Crippen LogP contribution in [0.4, 0.5) is 0 Å². The monoisotopic (exact) mass is 354 g/mol. The lowest BCUT2D eigenvalue weighted by molar-refractivity contribution is -0.137. The summed E-state index contributed by atoms with van der Waals surface area (Å²) in [4.78, 5) is 22.2. The normalized spacial score (nSPS) is 33.1. The molecule has 3 aliphatic rings. The highest BCUT2D eigenvalue weighted by molar-refractivity contribution is 6.42. The fourth-order valence-corrected chi connectivity index (χ4v) is 5.12. The second-order valence-electron chi connectivity index (χ2n) is 6.85. The lowest BCUT2D eigenvalue weighted by atomic mass is 9.67. The molecule has 23 heavy (non-hydrogen) atoms.